The largest absolute Gasteiger partial charge is 0.436 e. The molecule has 1 heterocycles. The van der Waals surface area contributed by atoms with Gasteiger partial charge in [-0.15, -0.1) is 0 Å². The SMILES string of the molecule is Nc1ccc(Oc2cc(F)ccc2F)nc1N. The van der Waals surface area contributed by atoms with Crippen LogP contribution < -0.4 is 16.2 Å². The van der Waals surface area contributed by atoms with E-state index in [0.717, 1.165) is 18.2 Å². The monoisotopic (exact) mass is 237 g/mol. The van der Waals surface area contributed by atoms with Crippen molar-refractivity contribution < 1.29 is 13.5 Å². The average Bonchev–Trinajstić information content (AvgIpc) is 2.29. The summed E-state index contributed by atoms with van der Waals surface area (Å²) >= 11 is 0. The van der Waals surface area contributed by atoms with Crippen LogP contribution in [-0.2, 0) is 0 Å². The van der Waals surface area contributed by atoms with Gasteiger partial charge in [0, 0.05) is 12.1 Å². The molecule has 0 bridgehead atoms. The molecule has 0 fully saturated rings. The first-order valence-corrected chi connectivity index (χ1v) is 4.71. The molecule has 17 heavy (non-hydrogen) atoms. The van der Waals surface area contributed by atoms with Gasteiger partial charge in [-0.25, -0.2) is 8.78 Å². The van der Waals surface area contributed by atoms with Gasteiger partial charge in [0.2, 0.25) is 5.88 Å². The zero-order valence-electron chi connectivity index (χ0n) is 8.65. The van der Waals surface area contributed by atoms with E-state index in [1.807, 2.05) is 0 Å². The van der Waals surface area contributed by atoms with Gasteiger partial charge in [-0.05, 0) is 18.2 Å². The van der Waals surface area contributed by atoms with Crippen LogP contribution in [0.25, 0.3) is 0 Å². The van der Waals surface area contributed by atoms with E-state index < -0.39 is 11.6 Å². The highest BCUT2D eigenvalue weighted by Crippen LogP contribution is 2.25. The molecule has 2 rings (SSSR count). The Bertz CT molecular complexity index is 560. The zero-order valence-corrected chi connectivity index (χ0v) is 8.65. The molecule has 4 nitrogen and oxygen atoms in total. The van der Waals surface area contributed by atoms with E-state index in [9.17, 15) is 8.78 Å². The van der Waals surface area contributed by atoms with Crippen molar-refractivity contribution in [1.29, 1.82) is 0 Å². The Morgan fingerprint density at radius 3 is 2.53 bits per heavy atom. The second-order valence-electron chi connectivity index (χ2n) is 3.30. The fourth-order valence-electron chi connectivity index (χ4n) is 1.19. The minimum absolute atomic E-state index is 0.0428. The molecular formula is C11H9F2N3O. The van der Waals surface area contributed by atoms with Crippen molar-refractivity contribution in [2.45, 2.75) is 0 Å². The Balaban J connectivity index is 2.31. The van der Waals surface area contributed by atoms with E-state index in [4.69, 9.17) is 16.2 Å². The fraction of sp³-hybridized carbons (Fsp3) is 0. The maximum atomic E-state index is 13.3. The molecule has 0 spiro atoms. The smallest absolute Gasteiger partial charge is 0.221 e. The van der Waals surface area contributed by atoms with Gasteiger partial charge in [-0.2, -0.15) is 4.98 Å². The zero-order chi connectivity index (χ0) is 12.4. The van der Waals surface area contributed by atoms with Gasteiger partial charge in [-0.3, -0.25) is 0 Å². The summed E-state index contributed by atoms with van der Waals surface area (Å²) in [5.41, 5.74) is 11.2. The molecule has 0 aliphatic carbocycles. The predicted molar refractivity (Wildman–Crippen MR) is 59.5 cm³/mol. The van der Waals surface area contributed by atoms with Crippen LogP contribution in [0.1, 0.15) is 0 Å². The lowest BCUT2D eigenvalue weighted by Gasteiger charge is -2.07. The first kappa shape index (κ1) is 11.1. The molecule has 0 aliphatic heterocycles. The third-order valence-electron chi connectivity index (χ3n) is 2.04. The van der Waals surface area contributed by atoms with Crippen LogP contribution in [0.4, 0.5) is 20.3 Å². The third-order valence-corrected chi connectivity index (χ3v) is 2.04. The second kappa shape index (κ2) is 4.25. The Labute approximate surface area is 95.8 Å². The molecule has 0 amide bonds. The number of aromatic nitrogens is 1. The maximum absolute atomic E-state index is 13.3. The highest BCUT2D eigenvalue weighted by Gasteiger charge is 2.08. The molecule has 0 unspecified atom stereocenters. The van der Waals surface area contributed by atoms with Crippen molar-refractivity contribution in [3.05, 3.63) is 42.0 Å². The highest BCUT2D eigenvalue weighted by atomic mass is 19.1. The Morgan fingerprint density at radius 1 is 1.06 bits per heavy atom. The highest BCUT2D eigenvalue weighted by molar-refractivity contribution is 5.58. The summed E-state index contributed by atoms with van der Waals surface area (Å²) in [6.07, 6.45) is 0. The summed E-state index contributed by atoms with van der Waals surface area (Å²) < 4.78 is 31.2. The van der Waals surface area contributed by atoms with Crippen LogP contribution >= 0.6 is 0 Å². The van der Waals surface area contributed by atoms with Crippen molar-refractivity contribution in [1.82, 2.24) is 4.98 Å². The maximum Gasteiger partial charge on any atom is 0.221 e. The first-order valence-electron chi connectivity index (χ1n) is 4.71. The second-order valence-corrected chi connectivity index (χ2v) is 3.30. The molecule has 88 valence electrons. The van der Waals surface area contributed by atoms with Crippen molar-refractivity contribution in [3.63, 3.8) is 0 Å². The summed E-state index contributed by atoms with van der Waals surface area (Å²) in [5, 5.41) is 0. The van der Waals surface area contributed by atoms with Crippen LogP contribution in [-0.4, -0.2) is 4.98 Å². The molecule has 1 aromatic heterocycles. The van der Waals surface area contributed by atoms with Gasteiger partial charge in [-0.1, -0.05) is 0 Å². The number of ether oxygens (including phenoxy) is 1. The number of nitrogen functional groups attached to an aromatic ring is 2. The molecular weight excluding hydrogens is 228 g/mol. The molecule has 0 aliphatic rings. The standard InChI is InChI=1S/C11H9F2N3O/c12-6-1-2-7(13)9(5-6)17-10-4-3-8(14)11(15)16-10/h1-5H,14H2,(H2,15,16). The number of benzene rings is 1. The number of anilines is 2. The number of pyridine rings is 1. The van der Waals surface area contributed by atoms with Crippen molar-refractivity contribution in [2.75, 3.05) is 11.5 Å². The lowest BCUT2D eigenvalue weighted by atomic mass is 10.3. The average molecular weight is 237 g/mol. The van der Waals surface area contributed by atoms with Gasteiger partial charge < -0.3 is 16.2 Å². The topological polar surface area (TPSA) is 74.2 Å². The van der Waals surface area contributed by atoms with E-state index in [0.29, 0.717) is 0 Å². The van der Waals surface area contributed by atoms with Gasteiger partial charge in [0.1, 0.15) is 5.82 Å². The third kappa shape index (κ3) is 2.41. The van der Waals surface area contributed by atoms with Crippen LogP contribution in [0.2, 0.25) is 0 Å². The Morgan fingerprint density at radius 2 is 1.82 bits per heavy atom. The van der Waals surface area contributed by atoms with E-state index >= 15 is 0 Å². The van der Waals surface area contributed by atoms with E-state index in [-0.39, 0.29) is 23.1 Å². The molecule has 0 saturated heterocycles. The Hall–Kier alpha value is -2.37. The van der Waals surface area contributed by atoms with Crippen LogP contribution in [0.5, 0.6) is 11.6 Å². The number of rotatable bonds is 2. The summed E-state index contributed by atoms with van der Waals surface area (Å²) in [6.45, 7) is 0. The minimum atomic E-state index is -0.691. The fourth-order valence-corrected chi connectivity index (χ4v) is 1.19. The number of hydrogen-bond acceptors (Lipinski definition) is 4. The van der Waals surface area contributed by atoms with Gasteiger partial charge in [0.15, 0.2) is 17.4 Å². The van der Waals surface area contributed by atoms with E-state index in [1.165, 1.54) is 12.1 Å². The molecule has 0 saturated carbocycles. The Kier molecular flexibility index (Phi) is 2.78. The summed E-state index contributed by atoms with van der Waals surface area (Å²) in [5.74, 6) is -1.45. The summed E-state index contributed by atoms with van der Waals surface area (Å²) in [6, 6.07) is 5.76. The number of nitrogens with zero attached hydrogens (tertiary/aromatic N) is 1. The number of halogens is 2. The normalized spacial score (nSPS) is 10.2. The van der Waals surface area contributed by atoms with Crippen LogP contribution in [0.3, 0.4) is 0 Å². The lowest BCUT2D eigenvalue weighted by molar-refractivity contribution is 0.423. The summed E-state index contributed by atoms with van der Waals surface area (Å²) in [7, 11) is 0. The number of hydrogen-bond donors (Lipinski definition) is 2. The van der Waals surface area contributed by atoms with Crippen molar-refractivity contribution >= 4 is 11.5 Å². The molecule has 1 aromatic carbocycles. The van der Waals surface area contributed by atoms with E-state index in [2.05, 4.69) is 4.98 Å². The first-order chi connectivity index (χ1) is 8.06. The lowest BCUT2D eigenvalue weighted by Crippen LogP contribution is -1.99. The quantitative estimate of drug-likeness (QED) is 0.840. The molecule has 0 radical (unpaired) electrons. The molecule has 4 N–H and O–H groups in total. The van der Waals surface area contributed by atoms with Gasteiger partial charge >= 0.3 is 0 Å². The van der Waals surface area contributed by atoms with Crippen molar-refractivity contribution in [2.24, 2.45) is 0 Å². The van der Waals surface area contributed by atoms with Crippen LogP contribution in [0.15, 0.2) is 30.3 Å². The van der Waals surface area contributed by atoms with Gasteiger partial charge in [0.05, 0.1) is 5.69 Å². The predicted octanol–water partition coefficient (Wildman–Crippen LogP) is 2.32. The van der Waals surface area contributed by atoms with Gasteiger partial charge in [0.25, 0.3) is 0 Å². The molecule has 0 atom stereocenters. The molecule has 2 aromatic rings. The number of nitrogens with two attached hydrogens (primary N) is 2. The molecule has 6 heteroatoms. The van der Waals surface area contributed by atoms with Crippen LogP contribution in [0, 0.1) is 11.6 Å². The van der Waals surface area contributed by atoms with E-state index in [1.54, 1.807) is 0 Å². The van der Waals surface area contributed by atoms with Crippen molar-refractivity contribution in [3.8, 4) is 11.6 Å². The summed E-state index contributed by atoms with van der Waals surface area (Å²) in [4.78, 5) is 3.78. The minimum Gasteiger partial charge on any atom is -0.436 e.